The van der Waals surface area contributed by atoms with E-state index in [-0.39, 0.29) is 22.2 Å². The molecular formula is C21H20N7O5S2+. The molecule has 0 unspecified atom stereocenters. The summed E-state index contributed by atoms with van der Waals surface area (Å²) in [4.78, 5) is 48.0. The van der Waals surface area contributed by atoms with Crippen LogP contribution < -0.4 is 15.6 Å². The van der Waals surface area contributed by atoms with Crippen LogP contribution in [0.2, 0.25) is 0 Å². The number of carbonyl (C=O) groups excluding carboxylic acids is 2. The second-order valence-electron chi connectivity index (χ2n) is 7.75. The summed E-state index contributed by atoms with van der Waals surface area (Å²) in [6.07, 6.45) is 7.55. The first kappa shape index (κ1) is 22.9. The molecule has 1 fully saturated rings. The van der Waals surface area contributed by atoms with Crippen molar-refractivity contribution in [2.24, 2.45) is 5.16 Å². The molecule has 0 radical (unpaired) electrons. The molecule has 35 heavy (non-hydrogen) atoms. The van der Waals surface area contributed by atoms with Gasteiger partial charge in [-0.25, -0.2) is 9.78 Å². The highest BCUT2D eigenvalue weighted by Crippen LogP contribution is 2.40. The van der Waals surface area contributed by atoms with Gasteiger partial charge in [0.25, 0.3) is 11.8 Å². The molecule has 12 nitrogen and oxygen atoms in total. The van der Waals surface area contributed by atoms with Gasteiger partial charge in [-0.05, 0) is 12.1 Å². The molecule has 0 bridgehead atoms. The minimum Gasteiger partial charge on any atom is -0.477 e. The molecule has 5 heterocycles. The molecule has 2 atom stereocenters. The molecule has 2 amide bonds. The lowest BCUT2D eigenvalue weighted by molar-refractivity contribution is -0.688. The number of aromatic nitrogens is 3. The lowest BCUT2D eigenvalue weighted by atomic mass is 10.0. The number of nitrogens with two attached hydrogens (primary N) is 1. The fourth-order valence-corrected chi connectivity index (χ4v) is 5.93. The normalized spacial score (nSPS) is 20.0. The Bertz CT molecular complexity index is 1410. The van der Waals surface area contributed by atoms with Crippen molar-refractivity contribution in [3.63, 3.8) is 0 Å². The van der Waals surface area contributed by atoms with Gasteiger partial charge in [-0.2, -0.15) is 4.57 Å². The maximum absolute atomic E-state index is 13.0. The number of hydrogen-bond donors (Lipinski definition) is 3. The molecule has 14 heteroatoms. The number of hydrogen-bond acceptors (Lipinski definition) is 9. The number of β-lactam (4-membered cyclic amide) rings is 1. The summed E-state index contributed by atoms with van der Waals surface area (Å²) >= 11 is 2.53. The Hall–Kier alpha value is -3.91. The van der Waals surface area contributed by atoms with Crippen LogP contribution in [0.15, 0.2) is 58.7 Å². The van der Waals surface area contributed by atoms with Crippen molar-refractivity contribution in [2.75, 3.05) is 18.6 Å². The van der Waals surface area contributed by atoms with Crippen molar-refractivity contribution >= 4 is 57.2 Å². The number of thioether (sulfide) groups is 1. The van der Waals surface area contributed by atoms with E-state index in [0.717, 1.165) is 16.9 Å². The molecule has 3 aromatic rings. The van der Waals surface area contributed by atoms with Crippen LogP contribution in [0.3, 0.4) is 0 Å². The third-order valence-electron chi connectivity index (χ3n) is 5.60. The van der Waals surface area contributed by atoms with Gasteiger partial charge in [-0.15, -0.1) is 23.1 Å². The zero-order valence-electron chi connectivity index (χ0n) is 18.3. The Labute approximate surface area is 206 Å². The standard InChI is InChI=1S/C21H19N7O5S2/c1-33-25-14(13-10-35-21(22)23-13)17(29)24-15-18(30)28-16(20(31)32)11(9-34-19(15)28)7-26-5-6-27-4-2-3-12(27)8-26/h2-6,8,10,15,19H,7,9H2,1H3,(H3-,22,23,24,29,31,32)/p+1/b25-14-/t15-,19-/m1/s1. The van der Waals surface area contributed by atoms with Crippen LogP contribution >= 0.6 is 23.1 Å². The number of carboxylic acid groups (broad SMARTS) is 1. The third kappa shape index (κ3) is 4.10. The van der Waals surface area contributed by atoms with Crippen LogP contribution in [0.5, 0.6) is 0 Å². The van der Waals surface area contributed by atoms with E-state index in [1.807, 2.05) is 45.9 Å². The Morgan fingerprint density at radius 2 is 2.26 bits per heavy atom. The second-order valence-corrected chi connectivity index (χ2v) is 9.75. The van der Waals surface area contributed by atoms with Crippen LogP contribution in [0.1, 0.15) is 5.69 Å². The molecular weight excluding hydrogens is 494 g/mol. The largest absolute Gasteiger partial charge is 0.477 e. The second kappa shape index (κ2) is 9.03. The molecule has 3 aromatic heterocycles. The van der Waals surface area contributed by atoms with Crippen molar-refractivity contribution in [1.82, 2.24) is 19.6 Å². The number of rotatable bonds is 7. The van der Waals surface area contributed by atoms with Gasteiger partial charge >= 0.3 is 5.97 Å². The van der Waals surface area contributed by atoms with Gasteiger partial charge in [0.2, 0.25) is 0 Å². The van der Waals surface area contributed by atoms with E-state index >= 15 is 0 Å². The van der Waals surface area contributed by atoms with Gasteiger partial charge < -0.3 is 25.4 Å². The van der Waals surface area contributed by atoms with E-state index in [2.05, 4.69) is 15.5 Å². The van der Waals surface area contributed by atoms with E-state index in [1.165, 1.54) is 23.8 Å². The van der Waals surface area contributed by atoms with Gasteiger partial charge in [0, 0.05) is 22.9 Å². The average Bonchev–Trinajstić information content (AvgIpc) is 3.48. The van der Waals surface area contributed by atoms with Crippen LogP contribution in [0.4, 0.5) is 5.13 Å². The predicted octanol–water partition coefficient (Wildman–Crippen LogP) is 0.0548. The molecule has 4 N–H and O–H groups in total. The molecule has 0 aromatic carbocycles. The molecule has 1 saturated heterocycles. The van der Waals surface area contributed by atoms with Crippen LogP contribution in [-0.4, -0.2) is 67.2 Å². The molecule has 180 valence electrons. The van der Waals surface area contributed by atoms with Crippen molar-refractivity contribution < 1.29 is 28.9 Å². The maximum atomic E-state index is 13.0. The maximum Gasteiger partial charge on any atom is 0.352 e. The number of nitrogen functional groups attached to an aromatic ring is 1. The van der Waals surface area contributed by atoms with Gasteiger partial charge in [-0.1, -0.05) is 5.16 Å². The van der Waals surface area contributed by atoms with E-state index < -0.39 is 29.2 Å². The zero-order valence-corrected chi connectivity index (χ0v) is 20.0. The third-order valence-corrected chi connectivity index (χ3v) is 7.61. The summed E-state index contributed by atoms with van der Waals surface area (Å²) in [7, 11) is 1.29. The zero-order chi connectivity index (χ0) is 24.7. The number of nitrogens with zero attached hydrogens (tertiary/aromatic N) is 5. The SMILES string of the molecule is CO/N=C(\C(=O)N[C@@H]1C(=O)N2C(C(=O)O)=C(C[n+]3ccn4cccc4c3)CS[C@H]12)c1csc(N)n1. The smallest absolute Gasteiger partial charge is 0.352 e. The van der Waals surface area contributed by atoms with Crippen LogP contribution in [0.25, 0.3) is 5.52 Å². The molecule has 0 saturated carbocycles. The van der Waals surface area contributed by atoms with E-state index in [9.17, 15) is 19.5 Å². The molecule has 0 spiro atoms. The summed E-state index contributed by atoms with van der Waals surface area (Å²) in [5, 5.41) is 17.5. The number of aliphatic carboxylic acids is 1. The Kier molecular flexibility index (Phi) is 5.90. The molecule has 0 aliphatic carbocycles. The number of fused-ring (bicyclic) bond motifs is 2. The summed E-state index contributed by atoms with van der Waals surface area (Å²) in [5.41, 5.74) is 7.26. The van der Waals surface area contributed by atoms with E-state index in [4.69, 9.17) is 10.6 Å². The Morgan fingerprint density at radius 1 is 1.43 bits per heavy atom. The van der Waals surface area contributed by atoms with Gasteiger partial charge in [-0.3, -0.25) is 14.5 Å². The van der Waals surface area contributed by atoms with Crippen molar-refractivity contribution in [3.05, 3.63) is 59.3 Å². The Balaban J connectivity index is 1.36. The lowest BCUT2D eigenvalue weighted by Gasteiger charge is -2.49. The average molecular weight is 515 g/mol. The number of amides is 2. The van der Waals surface area contributed by atoms with Gasteiger partial charge in [0.05, 0.1) is 6.20 Å². The minimum absolute atomic E-state index is 0.0509. The first-order valence-electron chi connectivity index (χ1n) is 10.4. The molecule has 2 aliphatic heterocycles. The van der Waals surface area contributed by atoms with Crippen LogP contribution in [0, 0.1) is 0 Å². The first-order chi connectivity index (χ1) is 16.9. The highest BCUT2D eigenvalue weighted by atomic mass is 32.2. The number of thiazole rings is 1. The van der Waals surface area contributed by atoms with Crippen molar-refractivity contribution in [1.29, 1.82) is 0 Å². The van der Waals surface area contributed by atoms with Gasteiger partial charge in [0.1, 0.15) is 35.4 Å². The number of nitrogens with one attached hydrogen (secondary N) is 1. The summed E-state index contributed by atoms with van der Waals surface area (Å²) in [6, 6.07) is 2.95. The minimum atomic E-state index is -1.19. The number of anilines is 1. The highest BCUT2D eigenvalue weighted by molar-refractivity contribution is 8.00. The van der Waals surface area contributed by atoms with Crippen molar-refractivity contribution in [3.8, 4) is 0 Å². The number of oxime groups is 1. The quantitative estimate of drug-likeness (QED) is 0.173. The highest BCUT2D eigenvalue weighted by Gasteiger charge is 2.54. The van der Waals surface area contributed by atoms with Crippen molar-refractivity contribution in [2.45, 2.75) is 18.0 Å². The van der Waals surface area contributed by atoms with Crippen LogP contribution in [-0.2, 0) is 25.8 Å². The first-order valence-corrected chi connectivity index (χ1v) is 12.3. The van der Waals surface area contributed by atoms with E-state index in [0.29, 0.717) is 17.9 Å². The Morgan fingerprint density at radius 3 is 2.97 bits per heavy atom. The monoisotopic (exact) mass is 514 g/mol. The fourth-order valence-electron chi connectivity index (χ4n) is 4.05. The summed E-state index contributed by atoms with van der Waals surface area (Å²) in [5.74, 6) is -1.97. The number of carbonyl (C=O) groups is 3. The number of carboxylic acids is 1. The topological polar surface area (TPSA) is 156 Å². The molecule has 5 rings (SSSR count). The fraction of sp³-hybridized carbons (Fsp3) is 0.238. The van der Waals surface area contributed by atoms with Gasteiger partial charge in [0.15, 0.2) is 29.8 Å². The predicted molar refractivity (Wildman–Crippen MR) is 127 cm³/mol. The summed E-state index contributed by atoms with van der Waals surface area (Å²) < 4.78 is 3.83. The lowest BCUT2D eigenvalue weighted by Crippen LogP contribution is -2.71. The summed E-state index contributed by atoms with van der Waals surface area (Å²) in [6.45, 7) is 0.319. The molecule has 2 aliphatic rings. The van der Waals surface area contributed by atoms with E-state index in [1.54, 1.807) is 5.38 Å².